The third kappa shape index (κ3) is 6.93. The van der Waals surface area contributed by atoms with Crippen LogP contribution in [-0.4, -0.2) is 68.1 Å². The number of sulfonamides is 1. The van der Waals surface area contributed by atoms with E-state index in [1.54, 1.807) is 40.6 Å². The number of hydrogen-bond acceptors (Lipinski definition) is 7. The SMILES string of the molecule is C[C@H]1CN([C@@H](C)CO)C(=O)Cc2cc(NS(=O)(=O)c3cccs3)ccc2O[C@H]1CN(C)Cc1ccccc1. The molecule has 8 nitrogen and oxygen atoms in total. The van der Waals surface area contributed by atoms with E-state index in [2.05, 4.69) is 28.7 Å². The molecule has 2 heterocycles. The average Bonchev–Trinajstić information content (AvgIpc) is 3.44. The summed E-state index contributed by atoms with van der Waals surface area (Å²) in [6.45, 7) is 5.55. The van der Waals surface area contributed by atoms with E-state index in [-0.39, 0.29) is 41.2 Å². The normalized spacial score (nSPS) is 19.2. The van der Waals surface area contributed by atoms with Crippen LogP contribution in [0.4, 0.5) is 5.69 Å². The van der Waals surface area contributed by atoms with Crippen molar-refractivity contribution in [3.63, 3.8) is 0 Å². The summed E-state index contributed by atoms with van der Waals surface area (Å²) >= 11 is 1.14. The summed E-state index contributed by atoms with van der Waals surface area (Å²) in [6, 6.07) is 18.1. The molecule has 10 heteroatoms. The summed E-state index contributed by atoms with van der Waals surface area (Å²) in [5.41, 5.74) is 2.15. The molecule has 38 heavy (non-hydrogen) atoms. The van der Waals surface area contributed by atoms with Gasteiger partial charge in [0.2, 0.25) is 5.91 Å². The van der Waals surface area contributed by atoms with Crippen LogP contribution < -0.4 is 9.46 Å². The molecular weight excluding hydrogens is 522 g/mol. The molecule has 4 rings (SSSR count). The first kappa shape index (κ1) is 28.1. The first-order valence-corrected chi connectivity index (χ1v) is 15.0. The van der Waals surface area contributed by atoms with Gasteiger partial charge in [0.25, 0.3) is 10.0 Å². The zero-order valence-corrected chi connectivity index (χ0v) is 23.5. The Balaban J connectivity index is 1.63. The number of anilines is 1. The molecule has 1 aromatic heterocycles. The van der Waals surface area contributed by atoms with Gasteiger partial charge in [-0.05, 0) is 49.2 Å². The summed E-state index contributed by atoms with van der Waals surface area (Å²) in [6.07, 6.45) is -0.205. The fourth-order valence-corrected chi connectivity index (χ4v) is 6.64. The Morgan fingerprint density at radius 2 is 1.95 bits per heavy atom. The topological polar surface area (TPSA) is 99.2 Å². The Morgan fingerprint density at radius 3 is 2.63 bits per heavy atom. The standard InChI is InChI=1S/C28H35N3O5S2/c1-20-16-31(21(2)19-32)27(33)15-23-14-24(29-38(34,35)28-10-7-13-37-28)11-12-25(23)36-26(20)18-30(3)17-22-8-5-4-6-9-22/h4-14,20-21,26,29,32H,15-19H2,1-3H3/t20-,21-,26-/m0/s1. The summed E-state index contributed by atoms with van der Waals surface area (Å²) in [4.78, 5) is 17.3. The number of amides is 1. The molecule has 3 aromatic rings. The van der Waals surface area contributed by atoms with Crippen LogP contribution in [-0.2, 0) is 27.8 Å². The highest BCUT2D eigenvalue weighted by Crippen LogP contribution is 2.30. The number of carbonyl (C=O) groups excluding carboxylic acids is 1. The van der Waals surface area contributed by atoms with Gasteiger partial charge in [-0.2, -0.15) is 0 Å². The summed E-state index contributed by atoms with van der Waals surface area (Å²) in [5.74, 6) is 0.398. The average molecular weight is 558 g/mol. The number of hydrogen-bond donors (Lipinski definition) is 2. The Labute approximate surface area is 228 Å². The number of rotatable bonds is 9. The van der Waals surface area contributed by atoms with Crippen LogP contribution in [0, 0.1) is 5.92 Å². The Kier molecular flexibility index (Phi) is 9.09. The molecule has 1 aliphatic heterocycles. The predicted molar refractivity (Wildman–Crippen MR) is 150 cm³/mol. The molecule has 2 aromatic carbocycles. The number of nitrogens with zero attached hydrogens (tertiary/aromatic N) is 2. The van der Waals surface area contributed by atoms with E-state index in [1.807, 2.05) is 32.2 Å². The number of benzene rings is 2. The fraction of sp³-hybridized carbons (Fsp3) is 0.393. The maximum atomic E-state index is 13.4. The highest BCUT2D eigenvalue weighted by molar-refractivity contribution is 7.94. The van der Waals surface area contributed by atoms with Crippen molar-refractivity contribution in [3.8, 4) is 5.75 Å². The van der Waals surface area contributed by atoms with Gasteiger partial charge in [0, 0.05) is 36.8 Å². The molecule has 0 aliphatic carbocycles. The van der Waals surface area contributed by atoms with Crippen molar-refractivity contribution in [2.75, 3.05) is 31.5 Å². The third-order valence-corrected chi connectivity index (χ3v) is 9.49. The lowest BCUT2D eigenvalue weighted by Gasteiger charge is -2.34. The smallest absolute Gasteiger partial charge is 0.271 e. The molecule has 0 saturated heterocycles. The molecule has 0 radical (unpaired) electrons. The van der Waals surface area contributed by atoms with Crippen molar-refractivity contribution in [1.82, 2.24) is 9.80 Å². The van der Waals surface area contributed by atoms with Crippen molar-refractivity contribution in [2.45, 2.75) is 43.2 Å². The second kappa shape index (κ2) is 12.3. The van der Waals surface area contributed by atoms with Gasteiger partial charge in [0.05, 0.1) is 19.1 Å². The van der Waals surface area contributed by atoms with E-state index in [9.17, 15) is 18.3 Å². The van der Waals surface area contributed by atoms with Gasteiger partial charge in [-0.3, -0.25) is 14.4 Å². The minimum atomic E-state index is -3.73. The van der Waals surface area contributed by atoms with Crippen LogP contribution in [0.1, 0.15) is 25.0 Å². The molecule has 0 saturated carbocycles. The fourth-order valence-electron chi connectivity index (χ4n) is 4.60. The Morgan fingerprint density at radius 1 is 1.18 bits per heavy atom. The van der Waals surface area contributed by atoms with E-state index >= 15 is 0 Å². The quantitative estimate of drug-likeness (QED) is 0.415. The van der Waals surface area contributed by atoms with E-state index in [0.29, 0.717) is 30.1 Å². The first-order valence-electron chi connectivity index (χ1n) is 12.6. The van der Waals surface area contributed by atoms with Crippen molar-refractivity contribution < 1.29 is 23.1 Å². The van der Waals surface area contributed by atoms with Gasteiger partial charge in [0.1, 0.15) is 16.1 Å². The number of likely N-dealkylation sites (N-methyl/N-ethyl adjacent to an activating group) is 1. The van der Waals surface area contributed by atoms with Crippen LogP contribution in [0.2, 0.25) is 0 Å². The van der Waals surface area contributed by atoms with Gasteiger partial charge < -0.3 is 14.7 Å². The van der Waals surface area contributed by atoms with Crippen LogP contribution in [0.25, 0.3) is 0 Å². The van der Waals surface area contributed by atoms with Crippen molar-refractivity contribution in [3.05, 3.63) is 77.2 Å². The molecule has 0 bridgehead atoms. The summed E-state index contributed by atoms with van der Waals surface area (Å²) < 4.78 is 34.9. The van der Waals surface area contributed by atoms with E-state index in [4.69, 9.17) is 4.74 Å². The summed E-state index contributed by atoms with van der Waals surface area (Å²) in [7, 11) is -1.69. The first-order chi connectivity index (χ1) is 18.2. The summed E-state index contributed by atoms with van der Waals surface area (Å²) in [5, 5.41) is 11.6. The second-order valence-corrected chi connectivity index (χ2v) is 12.8. The lowest BCUT2D eigenvalue weighted by atomic mass is 10.0. The molecule has 0 fully saturated rings. The van der Waals surface area contributed by atoms with Gasteiger partial charge in [-0.1, -0.05) is 43.3 Å². The molecule has 0 unspecified atom stereocenters. The predicted octanol–water partition coefficient (Wildman–Crippen LogP) is 3.83. The van der Waals surface area contributed by atoms with E-state index in [0.717, 1.165) is 17.9 Å². The van der Waals surface area contributed by atoms with Gasteiger partial charge in [0.15, 0.2) is 0 Å². The number of thiophene rings is 1. The van der Waals surface area contributed by atoms with Crippen LogP contribution in [0.5, 0.6) is 5.75 Å². The van der Waals surface area contributed by atoms with Crippen molar-refractivity contribution in [2.24, 2.45) is 5.92 Å². The maximum absolute atomic E-state index is 13.4. The molecule has 1 amide bonds. The Hall–Kier alpha value is -2.92. The Bertz CT molecular complexity index is 1320. The minimum Gasteiger partial charge on any atom is -0.488 e. The lowest BCUT2D eigenvalue weighted by Crippen LogP contribution is -2.47. The number of nitrogens with one attached hydrogen (secondary N) is 1. The van der Waals surface area contributed by atoms with Gasteiger partial charge in [-0.25, -0.2) is 8.42 Å². The molecule has 1 aliphatic rings. The molecule has 2 N–H and O–H groups in total. The van der Waals surface area contributed by atoms with Crippen LogP contribution in [0.15, 0.2) is 70.3 Å². The monoisotopic (exact) mass is 557 g/mol. The third-order valence-electron chi connectivity index (χ3n) is 6.72. The molecule has 3 atom stereocenters. The molecule has 0 spiro atoms. The van der Waals surface area contributed by atoms with Gasteiger partial charge in [-0.15, -0.1) is 11.3 Å². The van der Waals surface area contributed by atoms with Crippen LogP contribution >= 0.6 is 11.3 Å². The van der Waals surface area contributed by atoms with E-state index < -0.39 is 10.0 Å². The highest BCUT2D eigenvalue weighted by atomic mass is 32.2. The number of aliphatic hydroxyl groups is 1. The zero-order valence-electron chi connectivity index (χ0n) is 21.9. The van der Waals surface area contributed by atoms with Crippen molar-refractivity contribution >= 4 is 33.0 Å². The van der Waals surface area contributed by atoms with Crippen LogP contribution in [0.3, 0.4) is 0 Å². The second-order valence-electron chi connectivity index (χ2n) is 9.93. The largest absolute Gasteiger partial charge is 0.488 e. The maximum Gasteiger partial charge on any atom is 0.271 e. The molecular formula is C28H35N3O5S2. The highest BCUT2D eigenvalue weighted by Gasteiger charge is 2.31. The lowest BCUT2D eigenvalue weighted by molar-refractivity contribution is -0.134. The van der Waals surface area contributed by atoms with E-state index in [1.165, 1.54) is 5.56 Å². The molecule has 204 valence electrons. The van der Waals surface area contributed by atoms with Crippen molar-refractivity contribution in [1.29, 1.82) is 0 Å². The number of fused-ring (bicyclic) bond motifs is 1. The zero-order chi connectivity index (χ0) is 27.3. The van der Waals surface area contributed by atoms with Gasteiger partial charge >= 0.3 is 0 Å². The minimum absolute atomic E-state index is 0.0193. The number of ether oxygens (including phenoxy) is 1. The number of carbonyl (C=O) groups is 1. The number of aliphatic hydroxyl groups excluding tert-OH is 1.